The molecule has 8 heteroatoms. The van der Waals surface area contributed by atoms with Crippen LogP contribution in [0.1, 0.15) is 20.3 Å². The third kappa shape index (κ3) is 4.12. The first kappa shape index (κ1) is 18.7. The Hall–Kier alpha value is -1.31. The van der Waals surface area contributed by atoms with Crippen LogP contribution in [0.4, 0.5) is 11.4 Å². The van der Waals surface area contributed by atoms with Crippen molar-refractivity contribution in [1.82, 2.24) is 0 Å². The number of anilines is 2. The summed E-state index contributed by atoms with van der Waals surface area (Å²) in [4.78, 5) is 11.9. The van der Waals surface area contributed by atoms with Crippen LogP contribution in [0.5, 0.6) is 0 Å². The SMILES string of the molecule is CC(N)C(C)C(=O)Nc1ccc(N2CCCS2(=O)=O)cc1.Cl. The van der Waals surface area contributed by atoms with Gasteiger partial charge in [-0.1, -0.05) is 6.92 Å². The summed E-state index contributed by atoms with van der Waals surface area (Å²) in [6.07, 6.45) is 0.646. The highest BCUT2D eigenvalue weighted by Gasteiger charge is 2.28. The summed E-state index contributed by atoms with van der Waals surface area (Å²) in [5.41, 5.74) is 6.96. The topological polar surface area (TPSA) is 92.5 Å². The molecule has 124 valence electrons. The minimum atomic E-state index is -3.17. The van der Waals surface area contributed by atoms with E-state index >= 15 is 0 Å². The van der Waals surface area contributed by atoms with E-state index in [0.717, 1.165) is 0 Å². The number of benzene rings is 1. The molecule has 1 aromatic carbocycles. The Morgan fingerprint density at radius 3 is 2.32 bits per heavy atom. The third-order valence-corrected chi connectivity index (χ3v) is 5.59. The molecule has 22 heavy (non-hydrogen) atoms. The zero-order valence-electron chi connectivity index (χ0n) is 12.7. The van der Waals surface area contributed by atoms with Crippen LogP contribution in [0.2, 0.25) is 0 Å². The summed E-state index contributed by atoms with van der Waals surface area (Å²) in [6.45, 7) is 4.06. The zero-order chi connectivity index (χ0) is 15.6. The quantitative estimate of drug-likeness (QED) is 0.864. The van der Waals surface area contributed by atoms with Gasteiger partial charge in [0.25, 0.3) is 0 Å². The first-order valence-corrected chi connectivity index (χ1v) is 8.59. The van der Waals surface area contributed by atoms with Gasteiger partial charge in [0.15, 0.2) is 0 Å². The number of carbonyl (C=O) groups is 1. The van der Waals surface area contributed by atoms with Crippen molar-refractivity contribution in [3.63, 3.8) is 0 Å². The van der Waals surface area contributed by atoms with Gasteiger partial charge in [-0.15, -0.1) is 12.4 Å². The van der Waals surface area contributed by atoms with E-state index in [4.69, 9.17) is 5.73 Å². The first-order valence-electron chi connectivity index (χ1n) is 6.98. The zero-order valence-corrected chi connectivity index (χ0v) is 14.3. The van der Waals surface area contributed by atoms with Crippen molar-refractivity contribution in [1.29, 1.82) is 0 Å². The predicted molar refractivity (Wildman–Crippen MR) is 90.9 cm³/mol. The smallest absolute Gasteiger partial charge is 0.235 e. The van der Waals surface area contributed by atoms with Crippen LogP contribution in [-0.2, 0) is 14.8 Å². The maximum absolute atomic E-state index is 11.9. The summed E-state index contributed by atoms with van der Waals surface area (Å²) in [7, 11) is -3.17. The van der Waals surface area contributed by atoms with Crippen molar-refractivity contribution in [2.24, 2.45) is 11.7 Å². The molecule has 6 nitrogen and oxygen atoms in total. The van der Waals surface area contributed by atoms with Gasteiger partial charge in [-0.3, -0.25) is 9.10 Å². The molecule has 0 radical (unpaired) electrons. The Morgan fingerprint density at radius 1 is 1.27 bits per heavy atom. The molecule has 2 rings (SSSR count). The molecule has 1 fully saturated rings. The van der Waals surface area contributed by atoms with Gasteiger partial charge in [0.2, 0.25) is 15.9 Å². The van der Waals surface area contributed by atoms with E-state index in [1.165, 1.54) is 4.31 Å². The Bertz CT molecular complexity index is 617. The number of hydrogen-bond acceptors (Lipinski definition) is 4. The fraction of sp³-hybridized carbons (Fsp3) is 0.500. The molecule has 2 atom stereocenters. The largest absolute Gasteiger partial charge is 0.327 e. The van der Waals surface area contributed by atoms with Crippen molar-refractivity contribution in [3.8, 4) is 0 Å². The molecule has 1 aliphatic heterocycles. The Kier molecular flexibility index (Phi) is 6.22. The summed E-state index contributed by atoms with van der Waals surface area (Å²) >= 11 is 0. The van der Waals surface area contributed by atoms with Crippen molar-refractivity contribution in [2.75, 3.05) is 21.9 Å². The molecule has 2 unspecified atom stereocenters. The average molecular weight is 348 g/mol. The highest BCUT2D eigenvalue weighted by atomic mass is 35.5. The van der Waals surface area contributed by atoms with Crippen molar-refractivity contribution < 1.29 is 13.2 Å². The molecule has 1 heterocycles. The number of hydrogen-bond donors (Lipinski definition) is 2. The lowest BCUT2D eigenvalue weighted by Gasteiger charge is -2.18. The summed E-state index contributed by atoms with van der Waals surface area (Å²) in [5.74, 6) is -0.243. The summed E-state index contributed by atoms with van der Waals surface area (Å²) in [6, 6.07) is 6.59. The minimum Gasteiger partial charge on any atom is -0.327 e. The highest BCUT2D eigenvalue weighted by Crippen LogP contribution is 2.25. The molecule has 0 spiro atoms. The number of sulfonamides is 1. The second-order valence-corrected chi connectivity index (χ2v) is 7.44. The number of halogens is 1. The van der Waals surface area contributed by atoms with Crippen LogP contribution in [0.3, 0.4) is 0 Å². The molecule has 1 amide bonds. The fourth-order valence-electron chi connectivity index (χ4n) is 2.14. The van der Waals surface area contributed by atoms with Crippen LogP contribution >= 0.6 is 12.4 Å². The maximum atomic E-state index is 11.9. The van der Waals surface area contributed by atoms with Gasteiger partial charge in [0, 0.05) is 18.3 Å². The average Bonchev–Trinajstić information content (AvgIpc) is 2.78. The molecule has 1 aliphatic rings. The standard InChI is InChI=1S/C14H21N3O3S.ClH/c1-10(11(2)15)14(18)16-12-4-6-13(7-5-12)17-8-3-9-21(17,19)20;/h4-7,10-11H,3,8-9,15H2,1-2H3,(H,16,18);1H. The van der Waals surface area contributed by atoms with Gasteiger partial charge in [-0.2, -0.15) is 0 Å². The van der Waals surface area contributed by atoms with Crippen molar-refractivity contribution >= 4 is 39.7 Å². The van der Waals surface area contributed by atoms with Gasteiger partial charge >= 0.3 is 0 Å². The van der Waals surface area contributed by atoms with E-state index in [1.807, 2.05) is 0 Å². The van der Waals surface area contributed by atoms with Gasteiger partial charge in [-0.05, 0) is 37.6 Å². The van der Waals surface area contributed by atoms with E-state index in [2.05, 4.69) is 5.32 Å². The third-order valence-electron chi connectivity index (χ3n) is 3.72. The lowest BCUT2D eigenvalue weighted by molar-refractivity contribution is -0.119. The van der Waals surface area contributed by atoms with Crippen LogP contribution in [0, 0.1) is 5.92 Å². The van der Waals surface area contributed by atoms with E-state index in [9.17, 15) is 13.2 Å². The molecule has 1 saturated heterocycles. The molecule has 1 aromatic rings. The molecular formula is C14H22ClN3O3S. The maximum Gasteiger partial charge on any atom is 0.235 e. The Balaban J connectivity index is 0.00000242. The lowest BCUT2D eigenvalue weighted by atomic mass is 10.0. The van der Waals surface area contributed by atoms with E-state index in [1.54, 1.807) is 38.1 Å². The summed E-state index contributed by atoms with van der Waals surface area (Å²) in [5, 5.41) is 2.77. The van der Waals surface area contributed by atoms with Crippen molar-refractivity contribution in [2.45, 2.75) is 26.3 Å². The monoisotopic (exact) mass is 347 g/mol. The number of rotatable bonds is 4. The van der Waals surface area contributed by atoms with Gasteiger partial charge in [0.05, 0.1) is 17.4 Å². The lowest BCUT2D eigenvalue weighted by Crippen LogP contribution is -2.34. The summed E-state index contributed by atoms with van der Waals surface area (Å²) < 4.78 is 25.1. The van der Waals surface area contributed by atoms with Gasteiger partial charge < -0.3 is 11.1 Å². The van der Waals surface area contributed by atoms with Gasteiger partial charge in [0.1, 0.15) is 0 Å². The second-order valence-electron chi connectivity index (χ2n) is 5.43. The van der Waals surface area contributed by atoms with E-state index in [-0.39, 0.29) is 36.0 Å². The second kappa shape index (κ2) is 7.30. The van der Waals surface area contributed by atoms with Crippen LogP contribution in [-0.4, -0.2) is 32.7 Å². The number of nitrogens with one attached hydrogen (secondary N) is 1. The number of amides is 1. The van der Waals surface area contributed by atoms with E-state index < -0.39 is 10.0 Å². The molecule has 0 aromatic heterocycles. The molecular weight excluding hydrogens is 326 g/mol. The fourth-order valence-corrected chi connectivity index (χ4v) is 3.70. The van der Waals surface area contributed by atoms with Crippen LogP contribution in [0.15, 0.2) is 24.3 Å². The number of nitrogens with zero attached hydrogens (tertiary/aromatic N) is 1. The Labute approximate surface area is 137 Å². The van der Waals surface area contributed by atoms with Crippen molar-refractivity contribution in [3.05, 3.63) is 24.3 Å². The number of carbonyl (C=O) groups excluding carboxylic acids is 1. The molecule has 0 bridgehead atoms. The van der Waals surface area contributed by atoms with Crippen LogP contribution in [0.25, 0.3) is 0 Å². The predicted octanol–water partition coefficient (Wildman–Crippen LogP) is 1.57. The normalized spacial score (nSPS) is 19.1. The van der Waals surface area contributed by atoms with Gasteiger partial charge in [-0.25, -0.2) is 8.42 Å². The first-order chi connectivity index (χ1) is 9.81. The van der Waals surface area contributed by atoms with E-state index in [0.29, 0.717) is 24.3 Å². The molecule has 0 saturated carbocycles. The van der Waals surface area contributed by atoms with Crippen LogP contribution < -0.4 is 15.4 Å². The Morgan fingerprint density at radius 2 is 1.86 bits per heavy atom. The molecule has 0 aliphatic carbocycles. The molecule has 3 N–H and O–H groups in total. The number of nitrogens with two attached hydrogens (primary N) is 1. The highest BCUT2D eigenvalue weighted by molar-refractivity contribution is 7.93. The minimum absolute atomic E-state index is 0.